The first-order chi connectivity index (χ1) is 11.7. The van der Waals surface area contributed by atoms with Gasteiger partial charge in [-0.3, -0.25) is 9.78 Å². The van der Waals surface area contributed by atoms with Crippen LogP contribution >= 0.6 is 0 Å². The number of aromatic nitrogens is 1. The Morgan fingerprint density at radius 1 is 0.917 bits per heavy atom. The fourth-order valence-corrected chi connectivity index (χ4v) is 2.04. The number of nitrogens with zero attached hydrogens (tertiary/aromatic N) is 3. The van der Waals surface area contributed by atoms with E-state index in [4.69, 9.17) is 5.73 Å². The molecule has 3 aromatic rings. The molecule has 3 rings (SSSR count). The van der Waals surface area contributed by atoms with Gasteiger partial charge in [0.25, 0.3) is 5.91 Å². The standard InChI is InChI=1S/C18H15N5O/c19-17-6-2-1-5-16(17)18(24)21-13-7-9-14(10-8-13)22-23-15-4-3-11-20-12-15/h1-12H,19H2,(H,21,24). The highest BCUT2D eigenvalue weighted by Crippen LogP contribution is 2.20. The number of rotatable bonds is 4. The zero-order chi connectivity index (χ0) is 16.8. The molecule has 0 bridgehead atoms. The summed E-state index contributed by atoms with van der Waals surface area (Å²) in [5.74, 6) is -0.252. The lowest BCUT2D eigenvalue weighted by Crippen LogP contribution is -2.13. The second-order valence-electron chi connectivity index (χ2n) is 5.00. The van der Waals surface area contributed by atoms with E-state index in [1.165, 1.54) is 0 Å². The molecule has 0 atom stereocenters. The molecule has 24 heavy (non-hydrogen) atoms. The van der Waals surface area contributed by atoms with Gasteiger partial charge in [0.2, 0.25) is 0 Å². The number of hydrogen-bond donors (Lipinski definition) is 2. The maximum absolute atomic E-state index is 12.2. The van der Waals surface area contributed by atoms with Gasteiger partial charge in [-0.05, 0) is 48.5 Å². The number of nitrogens with one attached hydrogen (secondary N) is 1. The van der Waals surface area contributed by atoms with Crippen molar-refractivity contribution in [2.75, 3.05) is 11.1 Å². The summed E-state index contributed by atoms with van der Waals surface area (Å²) < 4.78 is 0. The number of para-hydroxylation sites is 1. The lowest BCUT2D eigenvalue weighted by molar-refractivity contribution is 0.102. The quantitative estimate of drug-likeness (QED) is 0.554. The van der Waals surface area contributed by atoms with Crippen molar-refractivity contribution in [1.29, 1.82) is 0 Å². The Hall–Kier alpha value is -3.54. The Morgan fingerprint density at radius 3 is 2.38 bits per heavy atom. The Bertz CT molecular complexity index is 860. The second kappa shape index (κ2) is 7.15. The molecule has 0 fully saturated rings. The van der Waals surface area contributed by atoms with Gasteiger partial charge in [0.1, 0.15) is 5.69 Å². The monoisotopic (exact) mass is 317 g/mol. The van der Waals surface area contributed by atoms with E-state index < -0.39 is 0 Å². The van der Waals surface area contributed by atoms with Gasteiger partial charge in [0.15, 0.2) is 0 Å². The molecule has 0 aliphatic carbocycles. The predicted octanol–water partition coefficient (Wildman–Crippen LogP) is 4.33. The van der Waals surface area contributed by atoms with Crippen LogP contribution in [0.4, 0.5) is 22.7 Å². The number of nitrogens with two attached hydrogens (primary N) is 1. The smallest absolute Gasteiger partial charge is 0.257 e. The van der Waals surface area contributed by atoms with E-state index in [1.807, 2.05) is 6.07 Å². The van der Waals surface area contributed by atoms with Crippen molar-refractivity contribution < 1.29 is 4.79 Å². The van der Waals surface area contributed by atoms with Crippen LogP contribution in [-0.4, -0.2) is 10.9 Å². The summed E-state index contributed by atoms with van der Waals surface area (Å²) in [6.45, 7) is 0. The van der Waals surface area contributed by atoms with Crippen molar-refractivity contribution in [3.8, 4) is 0 Å². The van der Waals surface area contributed by atoms with Crippen LogP contribution in [0.25, 0.3) is 0 Å². The first kappa shape index (κ1) is 15.4. The van der Waals surface area contributed by atoms with E-state index >= 15 is 0 Å². The number of nitrogen functional groups attached to an aromatic ring is 1. The average Bonchev–Trinajstić information content (AvgIpc) is 2.62. The van der Waals surface area contributed by atoms with Crippen LogP contribution in [0.5, 0.6) is 0 Å². The SMILES string of the molecule is Nc1ccccc1C(=O)Nc1ccc(N=Nc2cccnc2)cc1. The fraction of sp³-hybridized carbons (Fsp3) is 0. The van der Waals surface area contributed by atoms with Crippen LogP contribution in [-0.2, 0) is 0 Å². The Balaban J connectivity index is 1.68. The number of amides is 1. The summed E-state index contributed by atoms with van der Waals surface area (Å²) in [5, 5.41) is 11.0. The van der Waals surface area contributed by atoms with Gasteiger partial charge in [-0.2, -0.15) is 5.11 Å². The molecule has 1 amide bonds. The topological polar surface area (TPSA) is 92.7 Å². The van der Waals surface area contributed by atoms with Crippen molar-refractivity contribution in [3.63, 3.8) is 0 Å². The molecular formula is C18H15N5O. The number of carbonyl (C=O) groups excluding carboxylic acids is 1. The van der Waals surface area contributed by atoms with Crippen molar-refractivity contribution in [2.45, 2.75) is 0 Å². The molecule has 0 spiro atoms. The van der Waals surface area contributed by atoms with Crippen molar-refractivity contribution >= 4 is 28.7 Å². The Kier molecular flexibility index (Phi) is 4.57. The Labute approximate surface area is 139 Å². The number of azo groups is 1. The molecule has 2 aromatic carbocycles. The largest absolute Gasteiger partial charge is 0.398 e. The first-order valence-corrected chi connectivity index (χ1v) is 7.30. The maximum Gasteiger partial charge on any atom is 0.257 e. The number of hydrogen-bond acceptors (Lipinski definition) is 5. The van der Waals surface area contributed by atoms with E-state index in [-0.39, 0.29) is 5.91 Å². The minimum absolute atomic E-state index is 0.252. The fourth-order valence-electron chi connectivity index (χ4n) is 2.04. The van der Waals surface area contributed by atoms with Crippen LogP contribution in [0.15, 0.2) is 83.3 Å². The summed E-state index contributed by atoms with van der Waals surface area (Å²) in [4.78, 5) is 16.2. The Morgan fingerprint density at radius 2 is 1.67 bits per heavy atom. The zero-order valence-corrected chi connectivity index (χ0v) is 12.8. The summed E-state index contributed by atoms with van der Waals surface area (Å²) in [6.07, 6.45) is 3.30. The van der Waals surface area contributed by atoms with Crippen LogP contribution in [0, 0.1) is 0 Å². The van der Waals surface area contributed by atoms with Crippen molar-refractivity contribution in [3.05, 3.63) is 78.6 Å². The van der Waals surface area contributed by atoms with Gasteiger partial charge in [0.05, 0.1) is 17.4 Å². The third kappa shape index (κ3) is 3.80. The molecule has 6 nitrogen and oxygen atoms in total. The molecule has 0 unspecified atom stereocenters. The number of pyridine rings is 1. The minimum Gasteiger partial charge on any atom is -0.398 e. The highest BCUT2D eigenvalue weighted by molar-refractivity contribution is 6.07. The molecule has 0 radical (unpaired) electrons. The van der Waals surface area contributed by atoms with Gasteiger partial charge in [0, 0.05) is 17.6 Å². The van der Waals surface area contributed by atoms with Gasteiger partial charge in [-0.1, -0.05) is 12.1 Å². The van der Waals surface area contributed by atoms with E-state index in [1.54, 1.807) is 67.0 Å². The predicted molar refractivity (Wildman–Crippen MR) is 93.7 cm³/mol. The van der Waals surface area contributed by atoms with Gasteiger partial charge in [-0.25, -0.2) is 0 Å². The summed E-state index contributed by atoms with van der Waals surface area (Å²) in [6, 6.07) is 17.6. The molecular weight excluding hydrogens is 302 g/mol. The number of carbonyl (C=O) groups is 1. The first-order valence-electron chi connectivity index (χ1n) is 7.30. The van der Waals surface area contributed by atoms with E-state index in [9.17, 15) is 4.79 Å². The van der Waals surface area contributed by atoms with Gasteiger partial charge < -0.3 is 11.1 Å². The van der Waals surface area contributed by atoms with Crippen LogP contribution < -0.4 is 11.1 Å². The van der Waals surface area contributed by atoms with Gasteiger partial charge in [-0.15, -0.1) is 5.11 Å². The van der Waals surface area contributed by atoms with Crippen LogP contribution in [0.1, 0.15) is 10.4 Å². The number of anilines is 2. The van der Waals surface area contributed by atoms with Crippen molar-refractivity contribution in [1.82, 2.24) is 4.98 Å². The van der Waals surface area contributed by atoms with E-state index in [0.29, 0.717) is 28.3 Å². The average molecular weight is 317 g/mol. The van der Waals surface area contributed by atoms with Crippen LogP contribution in [0.2, 0.25) is 0 Å². The third-order valence-corrected chi connectivity index (χ3v) is 3.26. The molecule has 1 heterocycles. The molecule has 0 aliphatic heterocycles. The maximum atomic E-state index is 12.2. The molecule has 0 aliphatic rings. The van der Waals surface area contributed by atoms with Crippen molar-refractivity contribution in [2.24, 2.45) is 10.2 Å². The molecule has 6 heteroatoms. The molecule has 3 N–H and O–H groups in total. The minimum atomic E-state index is -0.252. The van der Waals surface area contributed by atoms with E-state index in [2.05, 4.69) is 20.5 Å². The molecule has 1 aromatic heterocycles. The van der Waals surface area contributed by atoms with Gasteiger partial charge >= 0.3 is 0 Å². The molecule has 0 saturated heterocycles. The number of benzene rings is 2. The zero-order valence-electron chi connectivity index (χ0n) is 12.8. The molecule has 0 saturated carbocycles. The summed E-state index contributed by atoms with van der Waals surface area (Å²) in [7, 11) is 0. The highest BCUT2D eigenvalue weighted by atomic mass is 16.1. The third-order valence-electron chi connectivity index (χ3n) is 3.26. The molecule has 118 valence electrons. The van der Waals surface area contributed by atoms with Crippen LogP contribution in [0.3, 0.4) is 0 Å². The van der Waals surface area contributed by atoms with E-state index in [0.717, 1.165) is 0 Å². The lowest BCUT2D eigenvalue weighted by atomic mass is 10.1. The second-order valence-corrected chi connectivity index (χ2v) is 5.00. The summed E-state index contributed by atoms with van der Waals surface area (Å²) in [5.41, 5.74) is 8.69. The summed E-state index contributed by atoms with van der Waals surface area (Å²) >= 11 is 0. The normalized spacial score (nSPS) is 10.7. The lowest BCUT2D eigenvalue weighted by Gasteiger charge is -2.07. The highest BCUT2D eigenvalue weighted by Gasteiger charge is 2.08.